The first-order valence-electron chi connectivity index (χ1n) is 9.92. The molecule has 1 aliphatic heterocycles. The summed E-state index contributed by atoms with van der Waals surface area (Å²) in [5, 5.41) is 10.8. The first-order valence-corrected chi connectivity index (χ1v) is 11.7. The van der Waals surface area contributed by atoms with Crippen molar-refractivity contribution in [3.05, 3.63) is 16.3 Å². The molecular weight excluding hydrogens is 390 g/mol. The normalized spacial score (nSPS) is 17.9. The van der Waals surface area contributed by atoms with Crippen LogP contribution in [0.1, 0.15) is 55.8 Å². The molecule has 6 nitrogen and oxygen atoms in total. The SMILES string of the molecule is Cc1sc2nc(C(C)C)n3c(SCC(=O)N4CCC[C@@H](C)C4)nnc3c2c1C. The van der Waals surface area contributed by atoms with Crippen LogP contribution >= 0.6 is 23.1 Å². The number of aromatic nitrogens is 4. The molecule has 0 unspecified atom stereocenters. The Bertz CT molecular complexity index is 1040. The van der Waals surface area contributed by atoms with E-state index in [-0.39, 0.29) is 11.8 Å². The molecule has 150 valence electrons. The standard InChI is InChI=1S/C20H27N5OS2/c1-11(2)17-21-19-16(13(4)14(5)28-19)18-22-23-20(25(17)18)27-10-15(26)24-8-6-7-12(3)9-24/h11-12H,6-10H2,1-5H3/t12-/m1/s1. The molecule has 0 radical (unpaired) electrons. The fourth-order valence-electron chi connectivity index (χ4n) is 3.86. The highest BCUT2D eigenvalue weighted by Crippen LogP contribution is 2.34. The molecule has 1 amide bonds. The fraction of sp³-hybridized carbons (Fsp3) is 0.600. The number of likely N-dealkylation sites (tertiary alicyclic amines) is 1. The van der Waals surface area contributed by atoms with Crippen molar-refractivity contribution in [1.29, 1.82) is 0 Å². The van der Waals surface area contributed by atoms with Gasteiger partial charge in [-0.3, -0.25) is 9.20 Å². The molecule has 3 aromatic heterocycles. The van der Waals surface area contributed by atoms with Crippen LogP contribution in [0, 0.1) is 19.8 Å². The van der Waals surface area contributed by atoms with Crippen LogP contribution in [-0.4, -0.2) is 49.2 Å². The molecule has 4 heterocycles. The Balaban J connectivity index is 1.68. The van der Waals surface area contributed by atoms with Crippen molar-refractivity contribution >= 4 is 44.9 Å². The number of carbonyl (C=O) groups is 1. The largest absolute Gasteiger partial charge is 0.342 e. The second-order valence-corrected chi connectivity index (χ2v) is 10.3. The molecule has 0 aliphatic carbocycles. The minimum absolute atomic E-state index is 0.191. The van der Waals surface area contributed by atoms with E-state index in [1.165, 1.54) is 28.6 Å². The highest BCUT2D eigenvalue weighted by atomic mass is 32.2. The maximum absolute atomic E-state index is 12.7. The minimum Gasteiger partial charge on any atom is -0.342 e. The van der Waals surface area contributed by atoms with Gasteiger partial charge in [0.2, 0.25) is 5.91 Å². The number of piperidine rings is 1. The molecule has 3 aromatic rings. The molecule has 0 spiro atoms. The topological polar surface area (TPSA) is 63.4 Å². The molecule has 1 saturated heterocycles. The highest BCUT2D eigenvalue weighted by molar-refractivity contribution is 7.99. The maximum atomic E-state index is 12.7. The Kier molecular flexibility index (Phi) is 5.35. The summed E-state index contributed by atoms with van der Waals surface area (Å²) in [5.41, 5.74) is 2.08. The van der Waals surface area contributed by atoms with Gasteiger partial charge in [0, 0.05) is 23.9 Å². The van der Waals surface area contributed by atoms with E-state index < -0.39 is 0 Å². The third-order valence-electron chi connectivity index (χ3n) is 5.52. The molecule has 4 rings (SSSR count). The number of rotatable bonds is 4. The third-order valence-corrected chi connectivity index (χ3v) is 7.53. The van der Waals surface area contributed by atoms with Crippen LogP contribution in [0.3, 0.4) is 0 Å². The van der Waals surface area contributed by atoms with Gasteiger partial charge in [-0.15, -0.1) is 21.5 Å². The average molecular weight is 418 g/mol. The van der Waals surface area contributed by atoms with E-state index in [9.17, 15) is 4.79 Å². The van der Waals surface area contributed by atoms with E-state index >= 15 is 0 Å². The highest BCUT2D eigenvalue weighted by Gasteiger charge is 2.24. The van der Waals surface area contributed by atoms with Crippen LogP contribution in [0.4, 0.5) is 0 Å². The lowest BCUT2D eigenvalue weighted by atomic mass is 10.0. The number of thioether (sulfide) groups is 1. The summed E-state index contributed by atoms with van der Waals surface area (Å²) in [7, 11) is 0. The van der Waals surface area contributed by atoms with E-state index in [2.05, 4.69) is 49.2 Å². The second-order valence-electron chi connectivity index (χ2n) is 8.11. The van der Waals surface area contributed by atoms with E-state index in [1.54, 1.807) is 11.3 Å². The number of amides is 1. The van der Waals surface area contributed by atoms with Gasteiger partial charge in [0.25, 0.3) is 0 Å². The Morgan fingerprint density at radius 1 is 1.32 bits per heavy atom. The molecule has 1 aliphatic rings. The average Bonchev–Trinajstić information content (AvgIpc) is 3.20. The summed E-state index contributed by atoms with van der Waals surface area (Å²) in [6.45, 7) is 12.5. The molecular formula is C20H27N5OS2. The van der Waals surface area contributed by atoms with Crippen LogP contribution < -0.4 is 0 Å². The molecule has 0 bridgehead atoms. The number of nitrogens with zero attached hydrogens (tertiary/aromatic N) is 5. The van der Waals surface area contributed by atoms with Gasteiger partial charge in [-0.1, -0.05) is 32.5 Å². The number of hydrogen-bond donors (Lipinski definition) is 0. The number of fused-ring (bicyclic) bond motifs is 3. The zero-order valence-corrected chi connectivity index (χ0v) is 18.8. The van der Waals surface area contributed by atoms with Gasteiger partial charge < -0.3 is 4.90 Å². The molecule has 8 heteroatoms. The van der Waals surface area contributed by atoms with Crippen molar-refractivity contribution in [3.63, 3.8) is 0 Å². The van der Waals surface area contributed by atoms with Crippen LogP contribution in [0.2, 0.25) is 0 Å². The first kappa shape index (κ1) is 19.6. The lowest BCUT2D eigenvalue weighted by Crippen LogP contribution is -2.40. The predicted octanol–water partition coefficient (Wildman–Crippen LogP) is 4.43. The van der Waals surface area contributed by atoms with Crippen molar-refractivity contribution < 1.29 is 4.79 Å². The number of hydrogen-bond acceptors (Lipinski definition) is 6. The second kappa shape index (κ2) is 7.63. The smallest absolute Gasteiger partial charge is 0.233 e. The molecule has 1 atom stereocenters. The van der Waals surface area contributed by atoms with E-state index in [0.29, 0.717) is 11.7 Å². The van der Waals surface area contributed by atoms with Gasteiger partial charge in [0.1, 0.15) is 10.7 Å². The van der Waals surface area contributed by atoms with Gasteiger partial charge in [-0.2, -0.15) is 0 Å². The van der Waals surface area contributed by atoms with Crippen molar-refractivity contribution in [2.24, 2.45) is 5.92 Å². The van der Waals surface area contributed by atoms with Gasteiger partial charge in [0.15, 0.2) is 10.8 Å². The predicted molar refractivity (Wildman–Crippen MR) is 115 cm³/mol. The van der Waals surface area contributed by atoms with Gasteiger partial charge in [0.05, 0.1) is 11.1 Å². The summed E-state index contributed by atoms with van der Waals surface area (Å²) < 4.78 is 2.06. The summed E-state index contributed by atoms with van der Waals surface area (Å²) in [5.74, 6) is 2.37. The van der Waals surface area contributed by atoms with E-state index in [4.69, 9.17) is 4.98 Å². The van der Waals surface area contributed by atoms with Gasteiger partial charge in [-0.25, -0.2) is 4.98 Å². The van der Waals surface area contributed by atoms with Crippen LogP contribution in [-0.2, 0) is 4.79 Å². The molecule has 0 N–H and O–H groups in total. The molecule has 1 fully saturated rings. The van der Waals surface area contributed by atoms with E-state index in [0.717, 1.165) is 46.4 Å². The number of thiophene rings is 1. The fourth-order valence-corrected chi connectivity index (χ4v) is 5.73. The lowest BCUT2D eigenvalue weighted by Gasteiger charge is -2.30. The zero-order chi connectivity index (χ0) is 20.0. The maximum Gasteiger partial charge on any atom is 0.233 e. The summed E-state index contributed by atoms with van der Waals surface area (Å²) in [6.07, 6.45) is 2.31. The summed E-state index contributed by atoms with van der Waals surface area (Å²) in [6, 6.07) is 0. The summed E-state index contributed by atoms with van der Waals surface area (Å²) in [4.78, 5) is 21.9. The summed E-state index contributed by atoms with van der Waals surface area (Å²) >= 11 is 3.19. The van der Waals surface area contributed by atoms with Gasteiger partial charge >= 0.3 is 0 Å². The monoisotopic (exact) mass is 417 g/mol. The minimum atomic E-state index is 0.191. The molecule has 28 heavy (non-hydrogen) atoms. The van der Waals surface area contributed by atoms with Crippen molar-refractivity contribution in [1.82, 2.24) is 24.5 Å². The van der Waals surface area contributed by atoms with E-state index in [1.807, 2.05) is 4.90 Å². The van der Waals surface area contributed by atoms with Crippen LogP contribution in [0.25, 0.3) is 15.9 Å². The Morgan fingerprint density at radius 3 is 2.82 bits per heavy atom. The number of carbonyl (C=O) groups excluding carboxylic acids is 1. The Labute approximate surface area is 173 Å². The van der Waals surface area contributed by atoms with Crippen molar-refractivity contribution in [2.75, 3.05) is 18.8 Å². The molecule has 0 saturated carbocycles. The Morgan fingerprint density at radius 2 is 2.11 bits per heavy atom. The van der Waals surface area contributed by atoms with Crippen molar-refractivity contribution in [2.45, 2.75) is 58.5 Å². The van der Waals surface area contributed by atoms with Gasteiger partial charge in [-0.05, 0) is 38.2 Å². The quantitative estimate of drug-likeness (QED) is 0.588. The lowest BCUT2D eigenvalue weighted by molar-refractivity contribution is -0.130. The molecule has 0 aromatic carbocycles. The third kappa shape index (κ3) is 3.41. The Hall–Kier alpha value is -1.67. The van der Waals surface area contributed by atoms with Crippen molar-refractivity contribution in [3.8, 4) is 0 Å². The first-order chi connectivity index (χ1) is 13.4. The number of aryl methyl sites for hydroxylation is 2. The van der Waals surface area contributed by atoms with Crippen LogP contribution in [0.5, 0.6) is 0 Å². The van der Waals surface area contributed by atoms with Crippen LogP contribution in [0.15, 0.2) is 5.16 Å². The zero-order valence-electron chi connectivity index (χ0n) is 17.2.